The molecule has 0 aliphatic heterocycles. The van der Waals surface area contributed by atoms with Gasteiger partial charge < -0.3 is 10.5 Å². The predicted octanol–water partition coefficient (Wildman–Crippen LogP) is 1.60. The van der Waals surface area contributed by atoms with E-state index in [1.165, 1.54) is 7.11 Å². The second kappa shape index (κ2) is 3.03. The molecule has 70 valence electrons. The fourth-order valence-corrected chi connectivity index (χ4v) is 1.28. The van der Waals surface area contributed by atoms with Crippen LogP contribution in [0.15, 0.2) is 0 Å². The lowest BCUT2D eigenvalue weighted by molar-refractivity contribution is 0.395. The first kappa shape index (κ1) is 8.56. The normalized spacial score (nSPS) is 15.8. The van der Waals surface area contributed by atoms with E-state index in [4.69, 9.17) is 22.1 Å². The van der Waals surface area contributed by atoms with Crippen LogP contribution in [0.1, 0.15) is 24.6 Å². The molecule has 1 saturated carbocycles. The maximum absolute atomic E-state index is 5.82. The molecule has 1 aliphatic rings. The number of hydrogen-bond acceptors (Lipinski definition) is 4. The molecule has 1 heterocycles. The number of halogens is 1. The molecule has 1 aromatic rings. The van der Waals surface area contributed by atoms with Crippen molar-refractivity contribution < 1.29 is 4.74 Å². The summed E-state index contributed by atoms with van der Waals surface area (Å²) in [6, 6.07) is 0. The van der Waals surface area contributed by atoms with Crippen molar-refractivity contribution in [3.63, 3.8) is 0 Å². The van der Waals surface area contributed by atoms with Crippen LogP contribution < -0.4 is 10.5 Å². The summed E-state index contributed by atoms with van der Waals surface area (Å²) in [6.07, 6.45) is 2.26. The van der Waals surface area contributed by atoms with Gasteiger partial charge >= 0.3 is 0 Å². The van der Waals surface area contributed by atoms with E-state index in [0.29, 0.717) is 22.6 Å². The van der Waals surface area contributed by atoms with Gasteiger partial charge in [-0.25, -0.2) is 4.98 Å². The topological polar surface area (TPSA) is 61.0 Å². The maximum Gasteiger partial charge on any atom is 0.237 e. The number of aromatic nitrogens is 2. The minimum absolute atomic E-state index is 0.298. The summed E-state index contributed by atoms with van der Waals surface area (Å²) in [5, 5.41) is 0.298. The standard InChI is InChI=1S/C8H10ClN3O/c1-13-8-5(9)6(10)11-7(12-8)4-2-3-4/h4H,2-3H2,1H3,(H2,10,11,12). The Morgan fingerprint density at radius 2 is 2.15 bits per heavy atom. The summed E-state index contributed by atoms with van der Waals surface area (Å²) in [5.41, 5.74) is 5.60. The lowest BCUT2D eigenvalue weighted by Crippen LogP contribution is -2.02. The molecule has 13 heavy (non-hydrogen) atoms. The SMILES string of the molecule is COc1nc(C2CC2)nc(N)c1Cl. The van der Waals surface area contributed by atoms with Crippen molar-refractivity contribution in [2.45, 2.75) is 18.8 Å². The summed E-state index contributed by atoms with van der Waals surface area (Å²) in [7, 11) is 1.52. The Morgan fingerprint density at radius 3 is 2.69 bits per heavy atom. The number of nitrogen functional groups attached to an aromatic ring is 1. The highest BCUT2D eigenvalue weighted by atomic mass is 35.5. The Balaban J connectivity index is 2.43. The van der Waals surface area contributed by atoms with Gasteiger partial charge in [0.25, 0.3) is 0 Å². The summed E-state index contributed by atoms with van der Waals surface area (Å²) in [5.74, 6) is 1.87. The van der Waals surface area contributed by atoms with E-state index in [0.717, 1.165) is 18.7 Å². The second-order valence-electron chi connectivity index (χ2n) is 3.06. The Morgan fingerprint density at radius 1 is 1.46 bits per heavy atom. The van der Waals surface area contributed by atoms with Gasteiger partial charge in [0, 0.05) is 5.92 Å². The summed E-state index contributed by atoms with van der Waals surface area (Å²) in [6.45, 7) is 0. The smallest absolute Gasteiger partial charge is 0.237 e. The van der Waals surface area contributed by atoms with Crippen molar-refractivity contribution in [3.05, 3.63) is 10.8 Å². The Bertz CT molecular complexity index is 338. The predicted molar refractivity (Wildman–Crippen MR) is 50.0 cm³/mol. The van der Waals surface area contributed by atoms with E-state index in [9.17, 15) is 0 Å². The summed E-state index contributed by atoms with van der Waals surface area (Å²) >= 11 is 5.82. The first-order valence-electron chi connectivity index (χ1n) is 4.09. The van der Waals surface area contributed by atoms with Crippen LogP contribution in [0.5, 0.6) is 5.88 Å². The van der Waals surface area contributed by atoms with Gasteiger partial charge in [-0.1, -0.05) is 11.6 Å². The molecule has 4 nitrogen and oxygen atoms in total. The molecule has 0 radical (unpaired) electrons. The van der Waals surface area contributed by atoms with Crippen LogP contribution in [0, 0.1) is 0 Å². The lowest BCUT2D eigenvalue weighted by atomic mass is 10.4. The number of nitrogens with zero attached hydrogens (tertiary/aromatic N) is 2. The molecular formula is C8H10ClN3O. The average molecular weight is 200 g/mol. The third-order valence-corrected chi connectivity index (χ3v) is 2.35. The van der Waals surface area contributed by atoms with Crippen molar-refractivity contribution >= 4 is 17.4 Å². The summed E-state index contributed by atoms with van der Waals surface area (Å²) < 4.78 is 4.98. The zero-order valence-corrected chi connectivity index (χ0v) is 8.01. The van der Waals surface area contributed by atoms with Crippen LogP contribution in [0.3, 0.4) is 0 Å². The molecule has 0 aromatic carbocycles. The lowest BCUT2D eigenvalue weighted by Gasteiger charge is -2.05. The maximum atomic E-state index is 5.82. The molecule has 5 heteroatoms. The fourth-order valence-electron chi connectivity index (χ4n) is 1.12. The van der Waals surface area contributed by atoms with Crippen molar-refractivity contribution in [2.75, 3.05) is 12.8 Å². The molecular weight excluding hydrogens is 190 g/mol. The quantitative estimate of drug-likeness (QED) is 0.786. The highest BCUT2D eigenvalue weighted by Gasteiger charge is 2.28. The Kier molecular flexibility index (Phi) is 2.00. The van der Waals surface area contributed by atoms with Gasteiger partial charge in [-0.15, -0.1) is 0 Å². The minimum Gasteiger partial charge on any atom is -0.480 e. The van der Waals surface area contributed by atoms with Gasteiger partial charge in [0.15, 0.2) is 0 Å². The van der Waals surface area contributed by atoms with Crippen molar-refractivity contribution in [1.82, 2.24) is 9.97 Å². The van der Waals surface area contributed by atoms with Gasteiger partial charge in [-0.05, 0) is 12.8 Å². The molecule has 1 fully saturated rings. The number of nitrogens with two attached hydrogens (primary N) is 1. The monoisotopic (exact) mass is 199 g/mol. The van der Waals surface area contributed by atoms with Crippen molar-refractivity contribution in [1.29, 1.82) is 0 Å². The van der Waals surface area contributed by atoms with E-state index in [2.05, 4.69) is 9.97 Å². The third kappa shape index (κ3) is 1.54. The molecule has 1 aromatic heterocycles. The highest BCUT2D eigenvalue weighted by Crippen LogP contribution is 2.40. The molecule has 0 unspecified atom stereocenters. The van der Waals surface area contributed by atoms with Gasteiger partial charge in [0.2, 0.25) is 5.88 Å². The molecule has 1 aliphatic carbocycles. The zero-order valence-electron chi connectivity index (χ0n) is 7.25. The number of anilines is 1. The molecule has 0 saturated heterocycles. The first-order valence-corrected chi connectivity index (χ1v) is 4.47. The van der Waals surface area contributed by atoms with E-state index in [1.54, 1.807) is 0 Å². The van der Waals surface area contributed by atoms with Crippen LogP contribution in [0.25, 0.3) is 0 Å². The first-order chi connectivity index (χ1) is 6.22. The van der Waals surface area contributed by atoms with Crippen LogP contribution in [0.4, 0.5) is 5.82 Å². The van der Waals surface area contributed by atoms with Crippen LogP contribution >= 0.6 is 11.6 Å². The van der Waals surface area contributed by atoms with Crippen LogP contribution in [0.2, 0.25) is 5.02 Å². The third-order valence-electron chi connectivity index (χ3n) is 2.00. The largest absolute Gasteiger partial charge is 0.480 e. The van der Waals surface area contributed by atoms with Crippen LogP contribution in [-0.4, -0.2) is 17.1 Å². The van der Waals surface area contributed by atoms with E-state index >= 15 is 0 Å². The van der Waals surface area contributed by atoms with Crippen LogP contribution in [-0.2, 0) is 0 Å². The Labute approximate surface area is 81.1 Å². The van der Waals surface area contributed by atoms with Gasteiger partial charge in [0.1, 0.15) is 16.7 Å². The molecule has 0 amide bonds. The second-order valence-corrected chi connectivity index (χ2v) is 3.44. The van der Waals surface area contributed by atoms with E-state index in [-0.39, 0.29) is 0 Å². The van der Waals surface area contributed by atoms with Gasteiger partial charge in [-0.2, -0.15) is 4.98 Å². The highest BCUT2D eigenvalue weighted by molar-refractivity contribution is 6.34. The molecule has 2 N–H and O–H groups in total. The fraction of sp³-hybridized carbons (Fsp3) is 0.500. The number of rotatable bonds is 2. The van der Waals surface area contributed by atoms with Crippen molar-refractivity contribution in [3.8, 4) is 5.88 Å². The van der Waals surface area contributed by atoms with E-state index < -0.39 is 0 Å². The molecule has 0 spiro atoms. The van der Waals surface area contributed by atoms with Crippen molar-refractivity contribution in [2.24, 2.45) is 0 Å². The van der Waals surface area contributed by atoms with Gasteiger partial charge in [0.05, 0.1) is 7.11 Å². The molecule has 2 rings (SSSR count). The number of hydrogen-bond donors (Lipinski definition) is 1. The Hall–Kier alpha value is -1.03. The molecule has 0 atom stereocenters. The van der Waals surface area contributed by atoms with Gasteiger partial charge in [-0.3, -0.25) is 0 Å². The van der Waals surface area contributed by atoms with E-state index in [1.807, 2.05) is 0 Å². The summed E-state index contributed by atoms with van der Waals surface area (Å²) in [4.78, 5) is 8.27. The molecule has 0 bridgehead atoms. The number of ether oxygens (including phenoxy) is 1. The number of methoxy groups -OCH3 is 1. The minimum atomic E-state index is 0.298. The zero-order chi connectivity index (χ0) is 9.42. The average Bonchev–Trinajstić information content (AvgIpc) is 2.92.